The fraction of sp³-hybridized carbons (Fsp3) is 0.640. The summed E-state index contributed by atoms with van der Waals surface area (Å²) in [6.07, 6.45) is -0.531. The fourth-order valence-electron chi connectivity index (χ4n) is 2.91. The number of alkyl carbamates (subject to hydrolysis) is 2. The number of ether oxygens (including phenoxy) is 3. The smallest absolute Gasteiger partial charge is 0.411 e. The van der Waals surface area contributed by atoms with Gasteiger partial charge in [0.2, 0.25) is 0 Å². The minimum atomic E-state index is -0.677. The number of benzene rings is 1. The highest BCUT2D eigenvalue weighted by Crippen LogP contribution is 2.15. The number of nitrogens with one attached hydrogen (secondary N) is 2. The largest absolute Gasteiger partial charge is 0.445 e. The number of amides is 3. The molecule has 0 spiro atoms. The van der Waals surface area contributed by atoms with Gasteiger partial charge < -0.3 is 24.8 Å². The van der Waals surface area contributed by atoms with Crippen LogP contribution in [0.3, 0.4) is 0 Å². The molecular weight excluding hydrogens is 438 g/mol. The molecule has 1 unspecified atom stereocenters. The summed E-state index contributed by atoms with van der Waals surface area (Å²) in [4.78, 5) is 38.5. The van der Waals surface area contributed by atoms with Gasteiger partial charge in [0.25, 0.3) is 0 Å². The first-order valence-corrected chi connectivity index (χ1v) is 11.7. The standard InChI is InChI=1S/C25H41N3O6/c1-8-20(27-22(30)33-24(2,3)4)28(23(31)34-25(5,6)7)17-13-12-16-26-21(29)32-18-19-14-10-9-11-15-19/h9-11,14-15,20H,8,12-13,16-18H2,1-7H3,(H,26,29)(H,27,30). The van der Waals surface area contributed by atoms with E-state index in [-0.39, 0.29) is 6.61 Å². The Morgan fingerprint density at radius 3 is 2.09 bits per heavy atom. The molecule has 0 bridgehead atoms. The SMILES string of the molecule is CCC(NC(=O)OC(C)(C)C)N(CCCCNC(=O)OCc1ccccc1)C(=O)OC(C)(C)C. The lowest BCUT2D eigenvalue weighted by molar-refractivity contribution is 0.00740. The first-order valence-electron chi connectivity index (χ1n) is 11.7. The van der Waals surface area contributed by atoms with Crippen LogP contribution < -0.4 is 10.6 Å². The third kappa shape index (κ3) is 12.9. The molecule has 0 aromatic heterocycles. The van der Waals surface area contributed by atoms with Gasteiger partial charge in [-0.2, -0.15) is 0 Å². The van der Waals surface area contributed by atoms with Crippen LogP contribution in [0.25, 0.3) is 0 Å². The van der Waals surface area contributed by atoms with Crippen molar-refractivity contribution in [1.82, 2.24) is 15.5 Å². The summed E-state index contributed by atoms with van der Waals surface area (Å²) in [5.41, 5.74) is -0.419. The van der Waals surface area contributed by atoms with E-state index in [0.29, 0.717) is 32.4 Å². The third-order valence-corrected chi connectivity index (χ3v) is 4.38. The molecule has 1 rings (SSSR count). The van der Waals surface area contributed by atoms with Gasteiger partial charge >= 0.3 is 18.3 Å². The topological polar surface area (TPSA) is 106 Å². The van der Waals surface area contributed by atoms with Gasteiger partial charge in [-0.3, -0.25) is 4.90 Å². The third-order valence-electron chi connectivity index (χ3n) is 4.38. The molecule has 1 aromatic rings. The number of unbranched alkanes of at least 4 members (excludes halogenated alkanes) is 1. The molecule has 0 aliphatic rings. The van der Waals surface area contributed by atoms with Crippen molar-refractivity contribution in [1.29, 1.82) is 0 Å². The van der Waals surface area contributed by atoms with Crippen LogP contribution in [-0.4, -0.2) is 53.6 Å². The summed E-state index contributed by atoms with van der Waals surface area (Å²) >= 11 is 0. The number of rotatable bonds is 10. The number of carbonyl (C=O) groups excluding carboxylic acids is 3. The molecule has 192 valence electrons. The number of hydrogen-bond acceptors (Lipinski definition) is 6. The molecule has 2 N–H and O–H groups in total. The molecule has 34 heavy (non-hydrogen) atoms. The van der Waals surface area contributed by atoms with Gasteiger partial charge in [-0.25, -0.2) is 14.4 Å². The van der Waals surface area contributed by atoms with Crippen molar-refractivity contribution in [2.75, 3.05) is 13.1 Å². The number of hydrogen-bond donors (Lipinski definition) is 2. The second kappa shape index (κ2) is 13.7. The van der Waals surface area contributed by atoms with E-state index in [1.807, 2.05) is 37.3 Å². The summed E-state index contributed by atoms with van der Waals surface area (Å²) in [6, 6.07) is 9.43. The van der Waals surface area contributed by atoms with Crippen LogP contribution in [0.5, 0.6) is 0 Å². The van der Waals surface area contributed by atoms with Crippen LogP contribution in [0.1, 0.15) is 73.3 Å². The number of carbonyl (C=O) groups is 3. The van der Waals surface area contributed by atoms with Gasteiger partial charge in [0.15, 0.2) is 0 Å². The highest BCUT2D eigenvalue weighted by atomic mass is 16.6. The van der Waals surface area contributed by atoms with Gasteiger partial charge in [0, 0.05) is 13.1 Å². The zero-order valence-corrected chi connectivity index (χ0v) is 21.6. The predicted molar refractivity (Wildman–Crippen MR) is 130 cm³/mol. The van der Waals surface area contributed by atoms with Gasteiger partial charge in [0.05, 0.1) is 0 Å². The maximum absolute atomic E-state index is 12.8. The van der Waals surface area contributed by atoms with E-state index in [0.717, 1.165) is 5.56 Å². The van der Waals surface area contributed by atoms with Crippen molar-refractivity contribution >= 4 is 18.3 Å². The molecule has 9 nitrogen and oxygen atoms in total. The van der Waals surface area contributed by atoms with Crippen LogP contribution in [0.4, 0.5) is 14.4 Å². The van der Waals surface area contributed by atoms with Crippen molar-refractivity contribution in [3.8, 4) is 0 Å². The van der Waals surface area contributed by atoms with Crippen molar-refractivity contribution < 1.29 is 28.6 Å². The number of nitrogens with zero attached hydrogens (tertiary/aromatic N) is 1. The van der Waals surface area contributed by atoms with Crippen molar-refractivity contribution in [3.63, 3.8) is 0 Å². The van der Waals surface area contributed by atoms with Crippen LogP contribution in [0.2, 0.25) is 0 Å². The molecule has 0 heterocycles. The van der Waals surface area contributed by atoms with E-state index < -0.39 is 35.6 Å². The molecule has 1 atom stereocenters. The average Bonchev–Trinajstić information content (AvgIpc) is 2.71. The Labute approximate surface area is 203 Å². The Hall–Kier alpha value is -2.97. The van der Waals surface area contributed by atoms with Gasteiger partial charge in [0.1, 0.15) is 24.0 Å². The van der Waals surface area contributed by atoms with E-state index in [9.17, 15) is 14.4 Å². The highest BCUT2D eigenvalue weighted by molar-refractivity contribution is 5.71. The molecule has 1 aromatic carbocycles. The molecule has 3 amide bonds. The molecule has 0 fully saturated rings. The summed E-state index contributed by atoms with van der Waals surface area (Å²) < 4.78 is 16.1. The Bertz CT molecular complexity index is 771. The lowest BCUT2D eigenvalue weighted by Crippen LogP contribution is -2.53. The van der Waals surface area contributed by atoms with Crippen molar-refractivity contribution in [3.05, 3.63) is 35.9 Å². The van der Waals surface area contributed by atoms with Crippen molar-refractivity contribution in [2.24, 2.45) is 0 Å². The molecule has 0 radical (unpaired) electrons. The Balaban J connectivity index is 2.58. The van der Waals surface area contributed by atoms with E-state index in [1.165, 1.54) is 4.90 Å². The first-order chi connectivity index (χ1) is 15.8. The Morgan fingerprint density at radius 1 is 0.912 bits per heavy atom. The van der Waals surface area contributed by atoms with E-state index in [2.05, 4.69) is 10.6 Å². The monoisotopic (exact) mass is 479 g/mol. The minimum Gasteiger partial charge on any atom is -0.445 e. The van der Waals surface area contributed by atoms with Crippen LogP contribution in [0.15, 0.2) is 30.3 Å². The molecular formula is C25H41N3O6. The van der Waals surface area contributed by atoms with Crippen molar-refractivity contribution in [2.45, 2.75) is 91.7 Å². The lowest BCUT2D eigenvalue weighted by atomic mass is 10.2. The van der Waals surface area contributed by atoms with Crippen LogP contribution in [0, 0.1) is 0 Å². The normalized spacial score (nSPS) is 12.3. The summed E-state index contributed by atoms with van der Waals surface area (Å²) in [5, 5.41) is 5.47. The molecule has 0 saturated carbocycles. The van der Waals surface area contributed by atoms with E-state index >= 15 is 0 Å². The quantitative estimate of drug-likeness (QED) is 0.272. The predicted octanol–water partition coefficient (Wildman–Crippen LogP) is 5.19. The van der Waals surface area contributed by atoms with Crippen LogP contribution in [-0.2, 0) is 20.8 Å². The maximum atomic E-state index is 12.8. The maximum Gasteiger partial charge on any atom is 0.411 e. The van der Waals surface area contributed by atoms with E-state index in [1.54, 1.807) is 41.5 Å². The second-order valence-electron chi connectivity index (χ2n) is 9.94. The summed E-state index contributed by atoms with van der Waals surface area (Å²) in [6.45, 7) is 13.5. The summed E-state index contributed by atoms with van der Waals surface area (Å²) in [5.74, 6) is 0. The Kier molecular flexibility index (Phi) is 11.7. The van der Waals surface area contributed by atoms with Crippen LogP contribution >= 0.6 is 0 Å². The first kappa shape index (κ1) is 29.1. The Morgan fingerprint density at radius 2 is 1.53 bits per heavy atom. The van der Waals surface area contributed by atoms with E-state index in [4.69, 9.17) is 14.2 Å². The van der Waals surface area contributed by atoms with Gasteiger partial charge in [-0.05, 0) is 66.4 Å². The molecule has 0 saturated heterocycles. The van der Waals surface area contributed by atoms with Gasteiger partial charge in [-0.15, -0.1) is 0 Å². The highest BCUT2D eigenvalue weighted by Gasteiger charge is 2.29. The zero-order valence-electron chi connectivity index (χ0n) is 21.6. The average molecular weight is 480 g/mol. The summed E-state index contributed by atoms with van der Waals surface area (Å²) in [7, 11) is 0. The van der Waals surface area contributed by atoms with Gasteiger partial charge in [-0.1, -0.05) is 37.3 Å². The molecule has 0 aliphatic heterocycles. The zero-order chi connectivity index (χ0) is 25.8. The second-order valence-corrected chi connectivity index (χ2v) is 9.94. The lowest BCUT2D eigenvalue weighted by Gasteiger charge is -2.34. The molecule has 9 heteroatoms. The molecule has 0 aliphatic carbocycles. The minimum absolute atomic E-state index is 0.202. The fourth-order valence-corrected chi connectivity index (χ4v) is 2.91.